The third-order valence-corrected chi connectivity index (χ3v) is 0. The SMILES string of the molecule is Cl.O=S(=O)(O)O.O=S(=O)(O)O.[Cl][Mg][Cl].[MgH2].[NaH].[NaH]. The zero-order valence-corrected chi connectivity index (χ0v) is 11.5. The van der Waals surface area contributed by atoms with E-state index in [0.717, 1.165) is 0 Å². The molecule has 0 aromatic rings. The molecule has 17 heavy (non-hydrogen) atoms. The van der Waals surface area contributed by atoms with Gasteiger partial charge in [-0.1, -0.05) is 0 Å². The summed E-state index contributed by atoms with van der Waals surface area (Å²) in [4.78, 5) is 0. The van der Waals surface area contributed by atoms with Crippen LogP contribution < -0.4 is 0 Å². The van der Waals surface area contributed by atoms with Gasteiger partial charge in [-0.05, 0) is 0 Å². The summed E-state index contributed by atoms with van der Waals surface area (Å²) >= 11 is -0.639. The molecule has 0 spiro atoms. The Morgan fingerprint density at radius 2 is 0.765 bits per heavy atom. The van der Waals surface area contributed by atoms with Gasteiger partial charge in [-0.15, -0.1) is 12.4 Å². The van der Waals surface area contributed by atoms with Crippen LogP contribution in [0.2, 0.25) is 0 Å². The maximum atomic E-state index is 8.74. The van der Waals surface area contributed by atoms with Crippen LogP contribution in [-0.4, -0.2) is 135 Å². The van der Waals surface area contributed by atoms with Gasteiger partial charge < -0.3 is 18.1 Å². The van der Waals surface area contributed by atoms with Crippen molar-refractivity contribution in [3.63, 3.8) is 0 Å². The second-order valence-electron chi connectivity index (χ2n) is 0.997. The van der Waals surface area contributed by atoms with Crippen LogP contribution in [0.25, 0.3) is 0 Å². The predicted octanol–water partition coefficient (Wildman–Crippen LogP) is -2.10. The zero-order valence-electron chi connectivity index (χ0n) is 6.11. The van der Waals surface area contributed by atoms with E-state index in [2.05, 4.69) is 0 Å². The third-order valence-electron chi connectivity index (χ3n) is 0. The van der Waals surface area contributed by atoms with Crippen molar-refractivity contribution in [2.45, 2.75) is 0 Å². The molecule has 0 amide bonds. The Balaban J connectivity index is -0.0000000162. The summed E-state index contributed by atoms with van der Waals surface area (Å²) in [5.41, 5.74) is 0. The van der Waals surface area contributed by atoms with Crippen LogP contribution in [0, 0.1) is 0 Å². The molecule has 0 aliphatic heterocycles. The van der Waals surface area contributed by atoms with Crippen molar-refractivity contribution in [3.05, 3.63) is 0 Å². The Bertz CT molecular complexity index is 244. The fourth-order valence-electron chi connectivity index (χ4n) is 0. The summed E-state index contributed by atoms with van der Waals surface area (Å²) < 4.78 is 63.2. The van der Waals surface area contributed by atoms with Crippen LogP contribution in [0.15, 0.2) is 0 Å². The molecule has 0 aliphatic rings. The van der Waals surface area contributed by atoms with Crippen molar-refractivity contribution >= 4 is 152 Å². The van der Waals surface area contributed by atoms with Gasteiger partial charge in [-0.3, -0.25) is 18.2 Å². The molecule has 8 nitrogen and oxygen atoms in total. The molecule has 0 aromatic heterocycles. The van der Waals surface area contributed by atoms with E-state index < -0.39 is 39.0 Å². The Labute approximate surface area is 183 Å². The van der Waals surface area contributed by atoms with Crippen LogP contribution in [0.5, 0.6) is 0 Å². The molecule has 0 fully saturated rings. The van der Waals surface area contributed by atoms with Gasteiger partial charge >= 0.3 is 121 Å². The Morgan fingerprint density at radius 1 is 0.765 bits per heavy atom. The first-order valence-corrected chi connectivity index (χ1v) is 9.00. The first-order valence-electron chi connectivity index (χ1n) is 1.93. The van der Waals surface area contributed by atoms with E-state index in [0.29, 0.717) is 0 Å². The fraction of sp³-hybridized carbons (Fsp3) is 0. The van der Waals surface area contributed by atoms with E-state index in [9.17, 15) is 0 Å². The summed E-state index contributed by atoms with van der Waals surface area (Å²) in [5, 5.41) is 0. The van der Waals surface area contributed by atoms with Gasteiger partial charge in [0.05, 0.1) is 0 Å². The molecule has 0 atom stereocenters. The van der Waals surface area contributed by atoms with Gasteiger partial charge in [0.1, 0.15) is 0 Å². The summed E-state index contributed by atoms with van der Waals surface area (Å²) in [5.74, 6) is 0. The first-order chi connectivity index (χ1) is 5.41. The van der Waals surface area contributed by atoms with Crippen LogP contribution in [0.4, 0.5) is 0 Å². The Morgan fingerprint density at radius 3 is 0.765 bits per heavy atom. The fourth-order valence-corrected chi connectivity index (χ4v) is 0. The molecule has 0 aromatic carbocycles. The molecule has 0 rings (SSSR count). The van der Waals surface area contributed by atoms with Crippen molar-refractivity contribution in [1.82, 2.24) is 0 Å². The standard InChI is InChI=1S/3ClH.2Mg.2Na.2H2O4S.4H/c;;;;;;;2*1-5(2,3)4;;;;/h3*1H;;;;;2*(H2,1,2,3,4);;;;/q;;;;+2;;;;;;;;/p-2. The number of hydrogen-bond donors (Lipinski definition) is 4. The van der Waals surface area contributed by atoms with E-state index in [1.54, 1.807) is 0 Å². The Hall–Kier alpha value is 4.14. The van der Waals surface area contributed by atoms with Crippen LogP contribution in [0.3, 0.4) is 0 Å². The van der Waals surface area contributed by atoms with Crippen LogP contribution in [-0.2, 0) is 20.8 Å². The molecule has 0 saturated heterocycles. The van der Waals surface area contributed by atoms with Crippen molar-refractivity contribution in [3.8, 4) is 0 Å². The second-order valence-corrected chi connectivity index (χ2v) is 5.41. The van der Waals surface area contributed by atoms with Gasteiger partial charge in [0, 0.05) is 0 Å². The first kappa shape index (κ1) is 42.9. The van der Waals surface area contributed by atoms with E-state index in [1.165, 1.54) is 0 Å². The van der Waals surface area contributed by atoms with Crippen LogP contribution >= 0.6 is 30.6 Å². The molecular weight excluding hydrogens is 393 g/mol. The maximum absolute atomic E-state index is 8.74. The topological polar surface area (TPSA) is 149 Å². The quantitative estimate of drug-likeness (QED) is 0.266. The molecule has 4 N–H and O–H groups in total. The summed E-state index contributed by atoms with van der Waals surface area (Å²) in [7, 11) is 0.472. The predicted molar refractivity (Wildman–Crippen MR) is 75.9 cm³/mol. The van der Waals surface area contributed by atoms with Gasteiger partial charge in [-0.25, -0.2) is 0 Å². The number of rotatable bonds is 0. The van der Waals surface area contributed by atoms with Crippen molar-refractivity contribution in [2.75, 3.05) is 0 Å². The minimum atomic E-state index is -4.67. The molecular formula is H9Cl3Mg2Na2O8S2. The second kappa shape index (κ2) is 25.1. The third kappa shape index (κ3) is 386. The van der Waals surface area contributed by atoms with Gasteiger partial charge in [0.2, 0.25) is 0 Å². The Kier molecular flexibility index (Phi) is 63.4. The van der Waals surface area contributed by atoms with Gasteiger partial charge in [0.25, 0.3) is 0 Å². The summed E-state index contributed by atoms with van der Waals surface area (Å²) in [6.07, 6.45) is 0. The number of hydrogen-bond acceptors (Lipinski definition) is 4. The monoisotopic (exact) mass is 400 g/mol. The average Bonchev–Trinajstić information content (AvgIpc) is 1.52. The van der Waals surface area contributed by atoms with Crippen LogP contribution in [0.1, 0.15) is 0 Å². The van der Waals surface area contributed by atoms with E-state index in [-0.39, 0.29) is 94.6 Å². The number of halogens is 3. The molecule has 96 valence electrons. The molecule has 0 bridgehead atoms. The van der Waals surface area contributed by atoms with Gasteiger partial charge in [-0.2, -0.15) is 16.8 Å². The van der Waals surface area contributed by atoms with Crippen molar-refractivity contribution in [2.24, 2.45) is 0 Å². The molecule has 0 radical (unpaired) electrons. The molecule has 0 saturated carbocycles. The van der Waals surface area contributed by atoms with E-state index >= 15 is 0 Å². The summed E-state index contributed by atoms with van der Waals surface area (Å²) in [6, 6.07) is 0. The minimum absolute atomic E-state index is 0. The van der Waals surface area contributed by atoms with Crippen molar-refractivity contribution < 1.29 is 35.0 Å². The normalized spacial score (nSPS) is 7.41. The average molecular weight is 402 g/mol. The summed E-state index contributed by atoms with van der Waals surface area (Å²) in [6.45, 7) is 0. The molecule has 0 heterocycles. The van der Waals surface area contributed by atoms with Gasteiger partial charge in [0.15, 0.2) is 0 Å². The molecule has 0 aliphatic carbocycles. The van der Waals surface area contributed by atoms with E-state index in [4.69, 9.17) is 53.2 Å². The molecule has 0 unspecified atom stereocenters. The van der Waals surface area contributed by atoms with E-state index in [1.807, 2.05) is 0 Å². The van der Waals surface area contributed by atoms with Crippen molar-refractivity contribution in [1.29, 1.82) is 0 Å². The zero-order chi connectivity index (χ0) is 11.7. The molecule has 17 heteroatoms.